The van der Waals surface area contributed by atoms with E-state index in [1.807, 2.05) is 25.8 Å². The Morgan fingerprint density at radius 3 is 2.32 bits per heavy atom. The van der Waals surface area contributed by atoms with Crippen LogP contribution in [-0.4, -0.2) is 77.9 Å². The van der Waals surface area contributed by atoms with E-state index in [2.05, 4.69) is 20.2 Å². The number of aryl methyl sites for hydroxylation is 1. The quantitative estimate of drug-likeness (QED) is 0.384. The molecule has 0 spiro atoms. The van der Waals surface area contributed by atoms with Gasteiger partial charge in [-0.2, -0.15) is 9.97 Å². The number of piperazine rings is 1. The number of rotatable bonds is 7. The number of nitrogens with zero attached hydrogens (tertiary/aromatic N) is 5. The van der Waals surface area contributed by atoms with E-state index in [0.717, 1.165) is 22.6 Å². The minimum absolute atomic E-state index is 0.0000846. The number of nitrogens with one attached hydrogen (secondary N) is 1. The minimum Gasteiger partial charge on any atom is -0.477 e. The maximum absolute atomic E-state index is 13.4. The Kier molecular flexibility index (Phi) is 7.04. The summed E-state index contributed by atoms with van der Waals surface area (Å²) >= 11 is 0. The van der Waals surface area contributed by atoms with Gasteiger partial charge in [0.05, 0.1) is 16.9 Å². The Labute approximate surface area is 221 Å². The van der Waals surface area contributed by atoms with Crippen molar-refractivity contribution in [2.45, 2.75) is 18.7 Å². The first-order valence-electron chi connectivity index (χ1n) is 12.5. The van der Waals surface area contributed by atoms with Gasteiger partial charge in [-0.15, -0.1) is 0 Å². The first kappa shape index (κ1) is 25.7. The standard InChI is InChI=1S/C27H30N6O4S/c1-4-37-25-23-13-14-33(38(35,36)22-11-5-19(2)6-12-22)24(23)29-27(30-25)28-21-9-7-20(8-10-21)26(34)32-17-15-31(3)16-18-32/h5-14H,4,15-18H2,1-3H3,(H,28,29,30). The zero-order chi connectivity index (χ0) is 26.9. The number of likely N-dealkylation sites (N-methyl/N-ethyl adjacent to an activating group) is 1. The lowest BCUT2D eigenvalue weighted by Crippen LogP contribution is -2.47. The maximum atomic E-state index is 13.4. The molecule has 11 heteroatoms. The van der Waals surface area contributed by atoms with Crippen LogP contribution in [0, 0.1) is 6.92 Å². The highest BCUT2D eigenvalue weighted by Gasteiger charge is 2.23. The van der Waals surface area contributed by atoms with Crippen molar-refractivity contribution in [2.75, 3.05) is 45.2 Å². The monoisotopic (exact) mass is 534 g/mol. The highest BCUT2D eigenvalue weighted by molar-refractivity contribution is 7.90. The molecule has 0 radical (unpaired) electrons. The number of ether oxygens (including phenoxy) is 1. The molecule has 3 heterocycles. The van der Waals surface area contributed by atoms with Crippen molar-refractivity contribution in [2.24, 2.45) is 0 Å². The molecule has 1 N–H and O–H groups in total. The van der Waals surface area contributed by atoms with Gasteiger partial charge in [-0.1, -0.05) is 17.7 Å². The number of anilines is 2. The number of benzene rings is 2. The summed E-state index contributed by atoms with van der Waals surface area (Å²) in [6.07, 6.45) is 1.46. The topological polar surface area (TPSA) is 110 Å². The molecule has 2 aromatic heterocycles. The largest absolute Gasteiger partial charge is 0.477 e. The molecular weight excluding hydrogens is 504 g/mol. The summed E-state index contributed by atoms with van der Waals surface area (Å²) in [5.74, 6) is 0.456. The molecule has 1 aliphatic heterocycles. The first-order chi connectivity index (χ1) is 18.3. The Balaban J connectivity index is 1.44. The molecule has 0 aliphatic carbocycles. The number of fused-ring (bicyclic) bond motifs is 1. The Bertz CT molecular complexity index is 1560. The molecule has 4 aromatic rings. The van der Waals surface area contributed by atoms with Gasteiger partial charge in [0.25, 0.3) is 15.9 Å². The third-order valence-electron chi connectivity index (χ3n) is 6.51. The lowest BCUT2D eigenvalue weighted by Gasteiger charge is -2.32. The van der Waals surface area contributed by atoms with Crippen LogP contribution >= 0.6 is 0 Å². The minimum atomic E-state index is -3.89. The van der Waals surface area contributed by atoms with E-state index in [1.165, 1.54) is 6.20 Å². The number of hydrogen-bond donors (Lipinski definition) is 1. The van der Waals surface area contributed by atoms with E-state index >= 15 is 0 Å². The Morgan fingerprint density at radius 1 is 0.974 bits per heavy atom. The number of hydrogen-bond acceptors (Lipinski definition) is 8. The van der Waals surface area contributed by atoms with Gasteiger partial charge in [-0.25, -0.2) is 12.4 Å². The molecule has 1 aliphatic rings. The van der Waals surface area contributed by atoms with Gasteiger partial charge < -0.3 is 19.9 Å². The third-order valence-corrected chi connectivity index (χ3v) is 8.19. The molecule has 38 heavy (non-hydrogen) atoms. The number of carbonyl (C=O) groups excluding carboxylic acids is 1. The molecule has 0 saturated carbocycles. The smallest absolute Gasteiger partial charge is 0.269 e. The van der Waals surface area contributed by atoms with Crippen molar-refractivity contribution in [3.8, 4) is 5.88 Å². The Morgan fingerprint density at radius 2 is 1.66 bits per heavy atom. The first-order valence-corrected chi connectivity index (χ1v) is 13.9. The second kappa shape index (κ2) is 10.4. The average Bonchev–Trinajstić information content (AvgIpc) is 3.35. The molecular formula is C27H30N6O4S. The van der Waals surface area contributed by atoms with Crippen molar-refractivity contribution in [1.82, 2.24) is 23.7 Å². The van der Waals surface area contributed by atoms with Crippen LogP contribution in [0.15, 0.2) is 65.7 Å². The van der Waals surface area contributed by atoms with Gasteiger partial charge in [-0.05, 0) is 63.4 Å². The molecule has 0 bridgehead atoms. The third kappa shape index (κ3) is 5.07. The predicted molar refractivity (Wildman–Crippen MR) is 146 cm³/mol. The molecule has 0 unspecified atom stereocenters. The average molecular weight is 535 g/mol. The van der Waals surface area contributed by atoms with Crippen LogP contribution in [0.25, 0.3) is 11.0 Å². The van der Waals surface area contributed by atoms with E-state index in [0.29, 0.717) is 36.3 Å². The van der Waals surface area contributed by atoms with Crippen LogP contribution < -0.4 is 10.1 Å². The zero-order valence-corrected chi connectivity index (χ0v) is 22.4. The van der Waals surface area contributed by atoms with Crippen molar-refractivity contribution >= 4 is 38.6 Å². The number of amides is 1. The normalized spacial score (nSPS) is 14.6. The highest BCUT2D eigenvalue weighted by Crippen LogP contribution is 2.29. The Hall–Kier alpha value is -3.96. The van der Waals surface area contributed by atoms with Crippen LogP contribution in [0.4, 0.5) is 11.6 Å². The van der Waals surface area contributed by atoms with Gasteiger partial charge in [0.2, 0.25) is 11.8 Å². The van der Waals surface area contributed by atoms with Crippen molar-refractivity contribution in [1.29, 1.82) is 0 Å². The summed E-state index contributed by atoms with van der Waals surface area (Å²) in [7, 11) is -1.84. The summed E-state index contributed by atoms with van der Waals surface area (Å²) in [5.41, 5.74) is 2.42. The summed E-state index contributed by atoms with van der Waals surface area (Å²) in [6.45, 7) is 7.20. The van der Waals surface area contributed by atoms with Crippen LogP contribution in [0.3, 0.4) is 0 Å². The fourth-order valence-electron chi connectivity index (χ4n) is 4.30. The molecule has 1 fully saturated rings. The van der Waals surface area contributed by atoms with E-state index < -0.39 is 10.0 Å². The summed E-state index contributed by atoms with van der Waals surface area (Å²) < 4.78 is 33.7. The van der Waals surface area contributed by atoms with Crippen molar-refractivity contribution in [3.63, 3.8) is 0 Å². The highest BCUT2D eigenvalue weighted by atomic mass is 32.2. The lowest BCUT2D eigenvalue weighted by molar-refractivity contribution is 0.0664. The molecule has 10 nitrogen and oxygen atoms in total. The van der Waals surface area contributed by atoms with E-state index in [-0.39, 0.29) is 28.3 Å². The predicted octanol–water partition coefficient (Wildman–Crippen LogP) is 3.51. The lowest BCUT2D eigenvalue weighted by atomic mass is 10.1. The molecule has 1 amide bonds. The fraction of sp³-hybridized carbons (Fsp3) is 0.296. The summed E-state index contributed by atoms with van der Waals surface area (Å²) in [4.78, 5) is 26.1. The van der Waals surface area contributed by atoms with Gasteiger partial charge in [0.1, 0.15) is 0 Å². The number of aromatic nitrogens is 3. The van der Waals surface area contributed by atoms with E-state index in [1.54, 1.807) is 54.6 Å². The second-order valence-electron chi connectivity index (χ2n) is 9.25. The van der Waals surface area contributed by atoms with Gasteiger partial charge in [-0.3, -0.25) is 4.79 Å². The van der Waals surface area contributed by atoms with Gasteiger partial charge in [0.15, 0.2) is 5.65 Å². The van der Waals surface area contributed by atoms with Crippen LogP contribution in [-0.2, 0) is 10.0 Å². The molecule has 2 aromatic carbocycles. The SMILES string of the molecule is CCOc1nc(Nc2ccc(C(=O)N3CCN(C)CC3)cc2)nc2c1ccn2S(=O)(=O)c1ccc(C)cc1. The van der Waals surface area contributed by atoms with Gasteiger partial charge in [0, 0.05) is 43.6 Å². The maximum Gasteiger partial charge on any atom is 0.269 e. The van der Waals surface area contributed by atoms with E-state index in [9.17, 15) is 13.2 Å². The summed E-state index contributed by atoms with van der Waals surface area (Å²) in [5, 5.41) is 3.61. The fourth-order valence-corrected chi connectivity index (χ4v) is 5.60. The second-order valence-corrected chi connectivity index (χ2v) is 11.1. The van der Waals surface area contributed by atoms with Crippen LogP contribution in [0.5, 0.6) is 5.88 Å². The van der Waals surface area contributed by atoms with Crippen LogP contribution in [0.2, 0.25) is 0 Å². The molecule has 1 saturated heterocycles. The molecule has 0 atom stereocenters. The molecule has 198 valence electrons. The number of carbonyl (C=O) groups is 1. The summed E-state index contributed by atoms with van der Waals surface area (Å²) in [6, 6.07) is 15.4. The molecule has 5 rings (SSSR count). The van der Waals surface area contributed by atoms with E-state index in [4.69, 9.17) is 4.74 Å². The van der Waals surface area contributed by atoms with Crippen molar-refractivity contribution in [3.05, 3.63) is 71.9 Å². The zero-order valence-electron chi connectivity index (χ0n) is 21.6. The van der Waals surface area contributed by atoms with Gasteiger partial charge >= 0.3 is 0 Å². The van der Waals surface area contributed by atoms with Crippen LogP contribution in [0.1, 0.15) is 22.8 Å². The van der Waals surface area contributed by atoms with Crippen molar-refractivity contribution < 1.29 is 17.9 Å².